The van der Waals surface area contributed by atoms with Crippen LogP contribution in [0.5, 0.6) is 0 Å². The highest BCUT2D eigenvalue weighted by atomic mass is 35.5. The molecule has 6 nitrogen and oxygen atoms in total. The van der Waals surface area contributed by atoms with Gasteiger partial charge in [-0.2, -0.15) is 0 Å². The molecule has 0 aliphatic carbocycles. The van der Waals surface area contributed by atoms with Gasteiger partial charge in [0, 0.05) is 36.9 Å². The van der Waals surface area contributed by atoms with Crippen molar-refractivity contribution in [1.82, 2.24) is 16.0 Å². The number of benzene rings is 1. The molecule has 2 heterocycles. The second-order valence-electron chi connectivity index (χ2n) is 5.73. The average molecular weight is 323 g/mol. The van der Waals surface area contributed by atoms with Crippen molar-refractivity contribution in [3.63, 3.8) is 0 Å². The molecule has 7 heteroatoms. The predicted octanol–water partition coefficient (Wildman–Crippen LogP) is 0.964. The highest BCUT2D eigenvalue weighted by molar-refractivity contribution is 6.30. The van der Waals surface area contributed by atoms with Gasteiger partial charge < -0.3 is 20.9 Å². The molecule has 22 heavy (non-hydrogen) atoms. The van der Waals surface area contributed by atoms with Crippen LogP contribution >= 0.6 is 11.6 Å². The summed E-state index contributed by atoms with van der Waals surface area (Å²) < 4.78 is 0. The van der Waals surface area contributed by atoms with Crippen molar-refractivity contribution >= 4 is 29.2 Å². The lowest BCUT2D eigenvalue weighted by atomic mass is 10.1. The zero-order chi connectivity index (χ0) is 15.5. The first kappa shape index (κ1) is 15.0. The summed E-state index contributed by atoms with van der Waals surface area (Å²) in [7, 11) is 0. The molecule has 0 saturated carbocycles. The van der Waals surface area contributed by atoms with Crippen molar-refractivity contribution in [3.05, 3.63) is 29.3 Å². The monoisotopic (exact) mass is 322 g/mol. The van der Waals surface area contributed by atoms with Gasteiger partial charge in [-0.25, -0.2) is 4.79 Å². The normalized spacial score (nSPS) is 24.0. The molecule has 2 aliphatic rings. The third-order valence-electron chi connectivity index (χ3n) is 4.13. The maximum atomic E-state index is 11.9. The zero-order valence-corrected chi connectivity index (χ0v) is 12.9. The van der Waals surface area contributed by atoms with E-state index in [1.165, 1.54) is 0 Å². The van der Waals surface area contributed by atoms with Crippen LogP contribution in [0.2, 0.25) is 5.02 Å². The molecule has 2 saturated heterocycles. The van der Waals surface area contributed by atoms with E-state index in [0.717, 1.165) is 30.2 Å². The fourth-order valence-corrected chi connectivity index (χ4v) is 2.99. The number of carbonyl (C=O) groups excluding carboxylic acids is 2. The topological polar surface area (TPSA) is 73.5 Å². The van der Waals surface area contributed by atoms with Crippen LogP contribution in [0, 0.1) is 5.92 Å². The van der Waals surface area contributed by atoms with Crippen LogP contribution in [-0.2, 0) is 4.79 Å². The van der Waals surface area contributed by atoms with Crippen LogP contribution < -0.4 is 20.9 Å². The Morgan fingerprint density at radius 3 is 2.82 bits per heavy atom. The van der Waals surface area contributed by atoms with Crippen LogP contribution in [0.1, 0.15) is 6.42 Å². The van der Waals surface area contributed by atoms with E-state index in [0.29, 0.717) is 19.0 Å². The minimum atomic E-state index is -0.457. The van der Waals surface area contributed by atoms with Crippen LogP contribution in [-0.4, -0.2) is 44.2 Å². The van der Waals surface area contributed by atoms with Gasteiger partial charge in [0.1, 0.15) is 6.04 Å². The molecule has 0 spiro atoms. The first-order valence-electron chi connectivity index (χ1n) is 7.44. The van der Waals surface area contributed by atoms with Crippen molar-refractivity contribution in [2.45, 2.75) is 12.5 Å². The highest BCUT2D eigenvalue weighted by Crippen LogP contribution is 2.24. The summed E-state index contributed by atoms with van der Waals surface area (Å²) in [5.41, 5.74) is 1.16. The molecule has 2 atom stereocenters. The lowest BCUT2D eigenvalue weighted by Crippen LogP contribution is -2.44. The Morgan fingerprint density at radius 2 is 2.14 bits per heavy atom. The van der Waals surface area contributed by atoms with Crippen LogP contribution in [0.3, 0.4) is 0 Å². The fourth-order valence-electron chi connectivity index (χ4n) is 2.87. The van der Waals surface area contributed by atoms with Crippen molar-refractivity contribution in [1.29, 1.82) is 0 Å². The lowest BCUT2D eigenvalue weighted by molar-refractivity contribution is -0.122. The number of nitrogens with one attached hydrogen (secondary N) is 3. The van der Waals surface area contributed by atoms with Gasteiger partial charge in [-0.05, 0) is 36.6 Å². The van der Waals surface area contributed by atoms with E-state index in [9.17, 15) is 9.59 Å². The smallest absolute Gasteiger partial charge is 0.315 e. The van der Waals surface area contributed by atoms with Gasteiger partial charge in [-0.15, -0.1) is 0 Å². The molecule has 1 aromatic carbocycles. The van der Waals surface area contributed by atoms with Gasteiger partial charge in [0.15, 0.2) is 0 Å². The van der Waals surface area contributed by atoms with Crippen LogP contribution in [0.15, 0.2) is 24.3 Å². The molecule has 3 amide bonds. The number of rotatable bonds is 4. The number of halogens is 1. The highest BCUT2D eigenvalue weighted by Gasteiger charge is 2.28. The van der Waals surface area contributed by atoms with E-state index in [-0.39, 0.29) is 11.9 Å². The number of anilines is 1. The maximum absolute atomic E-state index is 11.9. The Balaban J connectivity index is 1.46. The maximum Gasteiger partial charge on any atom is 0.315 e. The molecule has 2 aliphatic heterocycles. The van der Waals surface area contributed by atoms with E-state index in [2.05, 4.69) is 20.9 Å². The number of urea groups is 1. The summed E-state index contributed by atoms with van der Waals surface area (Å²) in [6, 6.07) is 7.08. The van der Waals surface area contributed by atoms with E-state index in [4.69, 9.17) is 11.6 Å². The molecule has 0 radical (unpaired) electrons. The van der Waals surface area contributed by atoms with Gasteiger partial charge >= 0.3 is 6.03 Å². The number of nitrogens with zero attached hydrogens (tertiary/aromatic N) is 1. The largest absolute Gasteiger partial charge is 0.371 e. The molecule has 1 aromatic rings. The number of carbonyl (C=O) groups is 2. The summed E-state index contributed by atoms with van der Waals surface area (Å²) in [4.78, 5) is 25.3. The van der Waals surface area contributed by atoms with Crippen LogP contribution in [0.25, 0.3) is 0 Å². The standard InChI is InChI=1S/C15H19ClN4O2/c16-11-1-3-12(4-2-11)20-6-5-10(9-20)7-17-14(21)13-8-18-15(22)19-13/h1-4,10,13H,5-9H2,(H,17,21)(H2,18,19,22)/t10-,13-/m1/s1. The van der Waals surface area contributed by atoms with Crippen molar-refractivity contribution in [2.24, 2.45) is 5.92 Å². The molecule has 3 N–H and O–H groups in total. The molecule has 0 bridgehead atoms. The zero-order valence-electron chi connectivity index (χ0n) is 12.1. The predicted molar refractivity (Wildman–Crippen MR) is 85.1 cm³/mol. The second-order valence-corrected chi connectivity index (χ2v) is 6.17. The summed E-state index contributed by atoms with van der Waals surface area (Å²) in [6.07, 6.45) is 1.04. The van der Waals surface area contributed by atoms with Gasteiger partial charge in [0.25, 0.3) is 0 Å². The van der Waals surface area contributed by atoms with Gasteiger partial charge in [0.2, 0.25) is 5.91 Å². The molecule has 0 unspecified atom stereocenters. The first-order chi connectivity index (χ1) is 10.6. The Kier molecular flexibility index (Phi) is 4.38. The quantitative estimate of drug-likeness (QED) is 0.773. The Bertz CT molecular complexity index is 563. The lowest BCUT2D eigenvalue weighted by Gasteiger charge is -2.19. The third-order valence-corrected chi connectivity index (χ3v) is 4.38. The number of hydrogen-bond acceptors (Lipinski definition) is 3. The summed E-state index contributed by atoms with van der Waals surface area (Å²) >= 11 is 5.90. The van der Waals surface area contributed by atoms with Crippen LogP contribution in [0.4, 0.5) is 10.5 Å². The number of hydrogen-bond donors (Lipinski definition) is 3. The number of amides is 3. The minimum absolute atomic E-state index is 0.122. The summed E-state index contributed by atoms with van der Waals surface area (Å²) in [5.74, 6) is 0.299. The van der Waals surface area contributed by atoms with Gasteiger partial charge in [-0.1, -0.05) is 11.6 Å². The van der Waals surface area contributed by atoms with Crippen molar-refractivity contribution < 1.29 is 9.59 Å². The molecule has 118 valence electrons. The molecule has 0 aromatic heterocycles. The first-order valence-corrected chi connectivity index (χ1v) is 7.82. The Morgan fingerprint density at radius 1 is 1.36 bits per heavy atom. The summed E-state index contributed by atoms with van der Waals surface area (Å²) in [5, 5.41) is 8.83. The molecule has 3 rings (SSSR count). The molecule has 2 fully saturated rings. The fraction of sp³-hybridized carbons (Fsp3) is 0.467. The second kappa shape index (κ2) is 6.44. The Labute approximate surface area is 134 Å². The van der Waals surface area contributed by atoms with Crippen molar-refractivity contribution in [3.8, 4) is 0 Å². The Hall–Kier alpha value is -1.95. The molecular formula is C15H19ClN4O2. The van der Waals surface area contributed by atoms with Gasteiger partial charge in [0.05, 0.1) is 0 Å². The molecular weight excluding hydrogens is 304 g/mol. The average Bonchev–Trinajstić information content (AvgIpc) is 3.15. The van der Waals surface area contributed by atoms with E-state index in [1.54, 1.807) is 0 Å². The van der Waals surface area contributed by atoms with Gasteiger partial charge in [-0.3, -0.25) is 4.79 Å². The third kappa shape index (κ3) is 3.44. The van der Waals surface area contributed by atoms with E-state index < -0.39 is 6.04 Å². The minimum Gasteiger partial charge on any atom is -0.371 e. The summed E-state index contributed by atoms with van der Waals surface area (Å²) in [6.45, 7) is 2.88. The van der Waals surface area contributed by atoms with E-state index >= 15 is 0 Å². The van der Waals surface area contributed by atoms with Crippen molar-refractivity contribution in [2.75, 3.05) is 31.1 Å². The van der Waals surface area contributed by atoms with E-state index in [1.807, 2.05) is 24.3 Å². The SMILES string of the molecule is O=C1NC[C@H](C(=O)NC[C@H]2CCN(c3ccc(Cl)cc3)C2)N1.